The number of carbonyl (C=O) groups is 1. The molecule has 0 saturated heterocycles. The first-order valence-corrected chi connectivity index (χ1v) is 10.9. The second-order valence-electron chi connectivity index (χ2n) is 7.32. The summed E-state index contributed by atoms with van der Waals surface area (Å²) in [6, 6.07) is 5.76. The Kier molecular flexibility index (Phi) is 6.13. The lowest BCUT2D eigenvalue weighted by Gasteiger charge is -2.08. The zero-order chi connectivity index (χ0) is 21.1. The van der Waals surface area contributed by atoms with E-state index in [0.29, 0.717) is 46.0 Å². The van der Waals surface area contributed by atoms with Crippen LogP contribution in [0, 0.1) is 12.7 Å². The molecule has 0 fully saturated rings. The molecule has 3 heterocycles. The van der Waals surface area contributed by atoms with Crippen LogP contribution < -0.4 is 10.3 Å². The molecule has 3 aromatic rings. The van der Waals surface area contributed by atoms with E-state index in [-0.39, 0.29) is 18.0 Å². The predicted molar refractivity (Wildman–Crippen MR) is 113 cm³/mol. The summed E-state index contributed by atoms with van der Waals surface area (Å²) in [4.78, 5) is 31.2. The third kappa shape index (κ3) is 4.23. The highest BCUT2D eigenvalue weighted by molar-refractivity contribution is 7.20. The van der Waals surface area contributed by atoms with Crippen molar-refractivity contribution in [2.75, 3.05) is 13.2 Å². The van der Waals surface area contributed by atoms with E-state index in [4.69, 9.17) is 9.47 Å². The van der Waals surface area contributed by atoms with Gasteiger partial charge in [0.15, 0.2) is 0 Å². The van der Waals surface area contributed by atoms with Crippen LogP contribution in [-0.4, -0.2) is 28.7 Å². The van der Waals surface area contributed by atoms with Crippen LogP contribution in [-0.2, 0) is 17.7 Å². The van der Waals surface area contributed by atoms with Crippen LogP contribution in [0.2, 0.25) is 0 Å². The SMILES string of the molecule is Cc1c(C(=O)OCCCOc2ccc(F)cc2)sc2nc3n(c(=O)c12)CCCCC3. The van der Waals surface area contributed by atoms with Crippen molar-refractivity contribution < 1.29 is 18.7 Å². The molecule has 1 aliphatic heterocycles. The van der Waals surface area contributed by atoms with Gasteiger partial charge in [0, 0.05) is 19.4 Å². The van der Waals surface area contributed by atoms with Gasteiger partial charge in [-0.2, -0.15) is 0 Å². The van der Waals surface area contributed by atoms with Gasteiger partial charge in [-0.1, -0.05) is 6.42 Å². The second-order valence-corrected chi connectivity index (χ2v) is 8.32. The van der Waals surface area contributed by atoms with Crippen molar-refractivity contribution in [2.45, 2.75) is 45.6 Å². The average molecular weight is 431 g/mol. The molecule has 0 spiro atoms. The molecule has 0 amide bonds. The standard InChI is InChI=1S/C22H23FN2O4S/c1-14-18-20(24-17-6-3-2-4-11-25(17)21(18)26)30-19(14)22(27)29-13-5-12-28-16-9-7-15(23)8-10-16/h7-10H,2-6,11-13H2,1H3. The zero-order valence-electron chi connectivity index (χ0n) is 16.8. The molecule has 1 aliphatic rings. The molecule has 0 atom stereocenters. The van der Waals surface area contributed by atoms with Crippen LogP contribution in [0.5, 0.6) is 5.75 Å². The summed E-state index contributed by atoms with van der Waals surface area (Å²) in [5, 5.41) is 0.525. The second kappa shape index (κ2) is 8.95. The molecule has 0 radical (unpaired) electrons. The van der Waals surface area contributed by atoms with Gasteiger partial charge >= 0.3 is 5.97 Å². The largest absolute Gasteiger partial charge is 0.493 e. The number of aromatic nitrogens is 2. The molecule has 0 N–H and O–H groups in total. The molecule has 8 heteroatoms. The van der Waals surface area contributed by atoms with Crippen LogP contribution in [0.1, 0.15) is 46.7 Å². The van der Waals surface area contributed by atoms with Crippen LogP contribution in [0.4, 0.5) is 4.39 Å². The average Bonchev–Trinajstić information content (AvgIpc) is 2.90. The number of rotatable bonds is 6. The van der Waals surface area contributed by atoms with Crippen molar-refractivity contribution in [3.8, 4) is 5.75 Å². The molecule has 2 aromatic heterocycles. The number of nitrogens with zero attached hydrogens (tertiary/aromatic N) is 2. The number of hydrogen-bond acceptors (Lipinski definition) is 6. The Morgan fingerprint density at radius 2 is 2.00 bits per heavy atom. The van der Waals surface area contributed by atoms with Crippen LogP contribution in [0.15, 0.2) is 29.1 Å². The van der Waals surface area contributed by atoms with Crippen molar-refractivity contribution in [1.82, 2.24) is 9.55 Å². The third-order valence-electron chi connectivity index (χ3n) is 5.20. The fourth-order valence-electron chi connectivity index (χ4n) is 3.61. The van der Waals surface area contributed by atoms with Crippen LogP contribution >= 0.6 is 11.3 Å². The normalized spacial score (nSPS) is 13.7. The maximum absolute atomic E-state index is 13.0. The smallest absolute Gasteiger partial charge is 0.348 e. The van der Waals surface area contributed by atoms with Gasteiger partial charge in [0.1, 0.15) is 27.1 Å². The summed E-state index contributed by atoms with van der Waals surface area (Å²) in [5.74, 6) is 0.607. The van der Waals surface area contributed by atoms with Gasteiger partial charge in [-0.05, 0) is 49.6 Å². The number of aryl methyl sites for hydroxylation is 2. The summed E-state index contributed by atoms with van der Waals surface area (Å²) in [6.45, 7) is 3.00. The summed E-state index contributed by atoms with van der Waals surface area (Å²) in [7, 11) is 0. The van der Waals surface area contributed by atoms with E-state index in [1.165, 1.54) is 23.5 Å². The first kappa shape index (κ1) is 20.5. The minimum atomic E-state index is -0.447. The Labute approximate surface area is 177 Å². The number of carbonyl (C=O) groups excluding carboxylic acids is 1. The lowest BCUT2D eigenvalue weighted by Crippen LogP contribution is -2.24. The highest BCUT2D eigenvalue weighted by atomic mass is 32.1. The van der Waals surface area contributed by atoms with E-state index >= 15 is 0 Å². The van der Waals surface area contributed by atoms with E-state index in [1.807, 2.05) is 0 Å². The first-order chi connectivity index (χ1) is 14.5. The minimum Gasteiger partial charge on any atom is -0.493 e. The van der Waals surface area contributed by atoms with Crippen molar-refractivity contribution in [1.29, 1.82) is 0 Å². The van der Waals surface area contributed by atoms with E-state index < -0.39 is 5.97 Å². The Morgan fingerprint density at radius 3 is 2.80 bits per heavy atom. The summed E-state index contributed by atoms with van der Waals surface area (Å²) in [6.07, 6.45) is 4.38. The number of hydrogen-bond donors (Lipinski definition) is 0. The molecule has 4 rings (SSSR count). The van der Waals surface area contributed by atoms with E-state index in [0.717, 1.165) is 31.5 Å². The monoisotopic (exact) mass is 430 g/mol. The fourth-order valence-corrected chi connectivity index (χ4v) is 4.70. The molecular formula is C22H23FN2O4S. The van der Waals surface area contributed by atoms with Gasteiger partial charge in [-0.25, -0.2) is 14.2 Å². The first-order valence-electron chi connectivity index (χ1n) is 10.1. The molecule has 30 heavy (non-hydrogen) atoms. The number of thiophene rings is 1. The van der Waals surface area contributed by atoms with Gasteiger partial charge in [-0.15, -0.1) is 11.3 Å². The number of benzene rings is 1. The van der Waals surface area contributed by atoms with E-state index in [9.17, 15) is 14.0 Å². The fraction of sp³-hybridized carbons (Fsp3) is 0.409. The quantitative estimate of drug-likeness (QED) is 0.432. The Morgan fingerprint density at radius 1 is 1.20 bits per heavy atom. The van der Waals surface area contributed by atoms with Crippen molar-refractivity contribution in [3.05, 3.63) is 56.7 Å². The topological polar surface area (TPSA) is 70.4 Å². The lowest BCUT2D eigenvalue weighted by molar-refractivity contribution is 0.0491. The summed E-state index contributed by atoms with van der Waals surface area (Å²) >= 11 is 1.22. The number of halogens is 1. The molecule has 0 unspecified atom stereocenters. The van der Waals surface area contributed by atoms with Crippen molar-refractivity contribution >= 4 is 27.5 Å². The van der Waals surface area contributed by atoms with Crippen LogP contribution in [0.25, 0.3) is 10.2 Å². The van der Waals surface area contributed by atoms with Gasteiger partial charge in [0.25, 0.3) is 5.56 Å². The number of ether oxygens (including phenoxy) is 2. The maximum atomic E-state index is 13.0. The Bertz CT molecular complexity index is 1120. The Hall–Kier alpha value is -2.74. The van der Waals surface area contributed by atoms with Crippen molar-refractivity contribution in [3.63, 3.8) is 0 Å². The minimum absolute atomic E-state index is 0.0580. The van der Waals surface area contributed by atoms with Gasteiger partial charge < -0.3 is 9.47 Å². The molecule has 1 aromatic carbocycles. The van der Waals surface area contributed by atoms with E-state index in [1.54, 1.807) is 23.6 Å². The van der Waals surface area contributed by atoms with Gasteiger partial charge in [-0.3, -0.25) is 9.36 Å². The molecular weight excluding hydrogens is 407 g/mol. The molecule has 158 valence electrons. The summed E-state index contributed by atoms with van der Waals surface area (Å²) < 4.78 is 25.5. The zero-order valence-corrected chi connectivity index (χ0v) is 17.6. The number of esters is 1. The predicted octanol–water partition coefficient (Wildman–Crippen LogP) is 4.26. The third-order valence-corrected chi connectivity index (χ3v) is 6.37. The highest BCUT2D eigenvalue weighted by Crippen LogP contribution is 2.29. The molecule has 0 aliphatic carbocycles. The van der Waals surface area contributed by atoms with Gasteiger partial charge in [0.2, 0.25) is 0 Å². The Balaban J connectivity index is 1.41. The molecule has 6 nitrogen and oxygen atoms in total. The maximum Gasteiger partial charge on any atom is 0.348 e. The van der Waals surface area contributed by atoms with Crippen molar-refractivity contribution in [2.24, 2.45) is 0 Å². The van der Waals surface area contributed by atoms with E-state index in [2.05, 4.69) is 4.98 Å². The van der Waals surface area contributed by atoms with Gasteiger partial charge in [0.05, 0.1) is 18.6 Å². The highest BCUT2D eigenvalue weighted by Gasteiger charge is 2.23. The molecule has 0 saturated carbocycles. The lowest BCUT2D eigenvalue weighted by atomic mass is 10.2. The summed E-state index contributed by atoms with van der Waals surface area (Å²) in [5.41, 5.74) is 0.581. The number of fused-ring (bicyclic) bond motifs is 2. The molecule has 0 bridgehead atoms. The van der Waals surface area contributed by atoms with Crippen LogP contribution in [0.3, 0.4) is 0 Å².